The molecule has 0 amide bonds. The summed E-state index contributed by atoms with van der Waals surface area (Å²) in [5.41, 5.74) is 2.32. The number of hydrogen-bond acceptors (Lipinski definition) is 1. The molecule has 0 aliphatic carbocycles. The number of nitrogens with one attached hydrogen (secondary N) is 1. The molecule has 86 valence electrons. The highest BCUT2D eigenvalue weighted by Gasteiger charge is 2.25. The van der Waals surface area contributed by atoms with Crippen molar-refractivity contribution in [2.45, 2.75) is 39.5 Å². The fourth-order valence-corrected chi connectivity index (χ4v) is 2.39. The maximum absolute atomic E-state index is 4.68. The van der Waals surface area contributed by atoms with Crippen LogP contribution >= 0.6 is 0 Å². The lowest BCUT2D eigenvalue weighted by Crippen LogP contribution is -2.21. The van der Waals surface area contributed by atoms with Crippen molar-refractivity contribution in [3.8, 4) is 0 Å². The van der Waals surface area contributed by atoms with Crippen molar-refractivity contribution in [2.24, 2.45) is 5.92 Å². The number of para-hydroxylation sites is 2. The average Bonchev–Trinajstić information content (AvgIpc) is 2.59. The summed E-state index contributed by atoms with van der Waals surface area (Å²) in [4.78, 5) is 8.11. The number of imidazole rings is 1. The van der Waals surface area contributed by atoms with Crippen LogP contribution in [-0.2, 0) is 5.41 Å². The van der Waals surface area contributed by atoms with Crippen molar-refractivity contribution in [2.75, 3.05) is 0 Å². The Bertz CT molecular complexity index is 447. The summed E-state index contributed by atoms with van der Waals surface area (Å²) in [6.45, 7) is 9.02. The third-order valence-corrected chi connectivity index (χ3v) is 2.95. The predicted octanol–water partition coefficient (Wildman–Crippen LogP) is 3.89. The van der Waals surface area contributed by atoms with Gasteiger partial charge in [-0.1, -0.05) is 39.8 Å². The molecule has 0 unspecified atom stereocenters. The lowest BCUT2D eigenvalue weighted by Gasteiger charge is -2.24. The van der Waals surface area contributed by atoms with Crippen molar-refractivity contribution in [1.82, 2.24) is 9.97 Å². The first kappa shape index (κ1) is 11.2. The quantitative estimate of drug-likeness (QED) is 0.828. The first-order valence-corrected chi connectivity index (χ1v) is 5.94. The fraction of sp³-hybridized carbons (Fsp3) is 0.500. The van der Waals surface area contributed by atoms with E-state index >= 15 is 0 Å². The predicted molar refractivity (Wildman–Crippen MR) is 68.6 cm³/mol. The largest absolute Gasteiger partial charge is 0.342 e. The van der Waals surface area contributed by atoms with Gasteiger partial charge in [-0.2, -0.15) is 0 Å². The van der Waals surface area contributed by atoms with Gasteiger partial charge in [0.1, 0.15) is 5.82 Å². The van der Waals surface area contributed by atoms with Crippen LogP contribution in [0.2, 0.25) is 0 Å². The van der Waals surface area contributed by atoms with Crippen LogP contribution in [0.1, 0.15) is 39.9 Å². The topological polar surface area (TPSA) is 28.7 Å². The summed E-state index contributed by atoms with van der Waals surface area (Å²) >= 11 is 0. The van der Waals surface area contributed by atoms with Gasteiger partial charge in [-0.05, 0) is 24.5 Å². The molecule has 0 saturated carbocycles. The average molecular weight is 216 g/mol. The van der Waals surface area contributed by atoms with E-state index in [2.05, 4.69) is 49.8 Å². The number of benzene rings is 1. The molecule has 0 saturated heterocycles. The highest BCUT2D eigenvalue weighted by molar-refractivity contribution is 5.74. The zero-order valence-corrected chi connectivity index (χ0v) is 10.5. The molecule has 1 aromatic carbocycles. The monoisotopic (exact) mass is 216 g/mol. The van der Waals surface area contributed by atoms with Gasteiger partial charge in [-0.15, -0.1) is 0 Å². The third-order valence-electron chi connectivity index (χ3n) is 2.95. The first-order chi connectivity index (χ1) is 7.49. The van der Waals surface area contributed by atoms with E-state index in [0.717, 1.165) is 23.3 Å². The highest BCUT2D eigenvalue weighted by Crippen LogP contribution is 2.29. The molecule has 1 heterocycles. The molecule has 1 N–H and O–H groups in total. The number of hydrogen-bond donors (Lipinski definition) is 1. The van der Waals surface area contributed by atoms with E-state index in [-0.39, 0.29) is 5.41 Å². The number of aromatic nitrogens is 2. The summed E-state index contributed by atoms with van der Waals surface area (Å²) in [7, 11) is 0. The number of nitrogens with zero attached hydrogens (tertiary/aromatic N) is 1. The van der Waals surface area contributed by atoms with Crippen LogP contribution in [-0.4, -0.2) is 9.97 Å². The Labute approximate surface area is 97.1 Å². The molecule has 0 atom stereocenters. The van der Waals surface area contributed by atoms with Gasteiger partial charge in [0, 0.05) is 5.41 Å². The normalized spacial score (nSPS) is 12.6. The number of H-pyrrole nitrogens is 1. The molecule has 0 bridgehead atoms. The van der Waals surface area contributed by atoms with Gasteiger partial charge in [-0.3, -0.25) is 0 Å². The molecule has 0 radical (unpaired) electrons. The zero-order chi connectivity index (χ0) is 11.8. The van der Waals surface area contributed by atoms with E-state index < -0.39 is 0 Å². The fourth-order valence-electron chi connectivity index (χ4n) is 2.39. The smallest absolute Gasteiger partial charge is 0.112 e. The first-order valence-electron chi connectivity index (χ1n) is 5.94. The molecule has 0 spiro atoms. The zero-order valence-electron chi connectivity index (χ0n) is 10.5. The van der Waals surface area contributed by atoms with E-state index in [0.29, 0.717) is 5.92 Å². The van der Waals surface area contributed by atoms with Gasteiger partial charge in [0.25, 0.3) is 0 Å². The van der Waals surface area contributed by atoms with Gasteiger partial charge in [0.05, 0.1) is 11.0 Å². The van der Waals surface area contributed by atoms with Crippen molar-refractivity contribution >= 4 is 11.0 Å². The second-order valence-electron chi connectivity index (χ2n) is 5.58. The molecular formula is C14H20N2. The summed E-state index contributed by atoms with van der Waals surface area (Å²) < 4.78 is 0. The molecule has 16 heavy (non-hydrogen) atoms. The second kappa shape index (κ2) is 3.93. The Morgan fingerprint density at radius 3 is 2.56 bits per heavy atom. The van der Waals surface area contributed by atoms with E-state index in [9.17, 15) is 0 Å². The lowest BCUT2D eigenvalue weighted by atomic mass is 9.83. The van der Waals surface area contributed by atoms with Crippen molar-refractivity contribution in [1.29, 1.82) is 0 Å². The summed E-state index contributed by atoms with van der Waals surface area (Å²) in [6.07, 6.45) is 1.15. The Morgan fingerprint density at radius 2 is 1.94 bits per heavy atom. The summed E-state index contributed by atoms with van der Waals surface area (Å²) in [5.74, 6) is 1.78. The van der Waals surface area contributed by atoms with Crippen LogP contribution in [0.15, 0.2) is 24.3 Å². The molecule has 1 aromatic heterocycles. The molecule has 0 aliphatic rings. The SMILES string of the molecule is CC(C)CC(C)(C)c1nc2ccccc2[nH]1. The molecule has 2 nitrogen and oxygen atoms in total. The minimum atomic E-state index is 0.118. The lowest BCUT2D eigenvalue weighted by molar-refractivity contribution is 0.384. The van der Waals surface area contributed by atoms with Gasteiger partial charge in [0.2, 0.25) is 0 Å². The molecule has 0 fully saturated rings. The van der Waals surface area contributed by atoms with Crippen molar-refractivity contribution < 1.29 is 0 Å². The Balaban J connectivity index is 2.39. The minimum absolute atomic E-state index is 0.118. The van der Waals surface area contributed by atoms with Crippen molar-refractivity contribution in [3.63, 3.8) is 0 Å². The van der Waals surface area contributed by atoms with Crippen LogP contribution in [0, 0.1) is 5.92 Å². The third kappa shape index (κ3) is 2.11. The summed E-state index contributed by atoms with van der Waals surface area (Å²) in [6, 6.07) is 8.21. The van der Waals surface area contributed by atoms with Crippen LogP contribution in [0.4, 0.5) is 0 Å². The maximum atomic E-state index is 4.68. The molecule has 0 aliphatic heterocycles. The number of rotatable bonds is 3. The Hall–Kier alpha value is -1.31. The minimum Gasteiger partial charge on any atom is -0.342 e. The standard InChI is InChI=1S/C14H20N2/c1-10(2)9-14(3,4)13-15-11-7-5-6-8-12(11)16-13/h5-8,10H,9H2,1-4H3,(H,15,16). The van der Waals surface area contributed by atoms with Gasteiger partial charge >= 0.3 is 0 Å². The van der Waals surface area contributed by atoms with E-state index in [1.807, 2.05) is 12.1 Å². The molecule has 2 rings (SSSR count). The van der Waals surface area contributed by atoms with Gasteiger partial charge in [0.15, 0.2) is 0 Å². The number of fused-ring (bicyclic) bond motifs is 1. The maximum Gasteiger partial charge on any atom is 0.112 e. The van der Waals surface area contributed by atoms with Crippen LogP contribution in [0.25, 0.3) is 11.0 Å². The van der Waals surface area contributed by atoms with E-state index in [1.54, 1.807) is 0 Å². The van der Waals surface area contributed by atoms with Gasteiger partial charge in [-0.25, -0.2) is 4.98 Å². The number of aromatic amines is 1. The second-order valence-corrected chi connectivity index (χ2v) is 5.58. The van der Waals surface area contributed by atoms with Gasteiger partial charge < -0.3 is 4.98 Å². The van der Waals surface area contributed by atoms with Crippen LogP contribution in [0.5, 0.6) is 0 Å². The molecule has 2 heteroatoms. The van der Waals surface area contributed by atoms with Crippen LogP contribution in [0.3, 0.4) is 0 Å². The Morgan fingerprint density at radius 1 is 1.25 bits per heavy atom. The summed E-state index contributed by atoms with van der Waals surface area (Å²) in [5, 5.41) is 0. The Kier molecular flexibility index (Phi) is 2.75. The van der Waals surface area contributed by atoms with E-state index in [1.165, 1.54) is 0 Å². The van der Waals surface area contributed by atoms with Crippen LogP contribution < -0.4 is 0 Å². The molecule has 2 aromatic rings. The van der Waals surface area contributed by atoms with Crippen molar-refractivity contribution in [3.05, 3.63) is 30.1 Å². The molecular weight excluding hydrogens is 196 g/mol. The highest BCUT2D eigenvalue weighted by atomic mass is 14.9. The van der Waals surface area contributed by atoms with E-state index in [4.69, 9.17) is 0 Å².